The summed E-state index contributed by atoms with van der Waals surface area (Å²) in [6.07, 6.45) is -1.02. The number of hydrogen-bond donors (Lipinski definition) is 1. The molecule has 140 valence electrons. The third-order valence-corrected chi connectivity index (χ3v) is 3.43. The maximum Gasteiger partial charge on any atom is 0.344 e. The Labute approximate surface area is 157 Å². The number of nitrogens with zero attached hydrogens (tertiary/aromatic N) is 1. The quantitative estimate of drug-likeness (QED) is 0.720. The van der Waals surface area contributed by atoms with E-state index in [4.69, 9.17) is 19.5 Å². The van der Waals surface area contributed by atoms with Gasteiger partial charge in [-0.15, -0.1) is 0 Å². The Morgan fingerprint density at radius 2 is 1.81 bits per heavy atom. The molecular weight excluding hydrogens is 348 g/mol. The van der Waals surface area contributed by atoms with Crippen molar-refractivity contribution in [1.82, 2.24) is 0 Å². The Hall–Kier alpha value is -3.53. The number of esters is 1. The van der Waals surface area contributed by atoms with Crippen molar-refractivity contribution in [3.63, 3.8) is 0 Å². The van der Waals surface area contributed by atoms with Crippen LogP contribution >= 0.6 is 0 Å². The van der Waals surface area contributed by atoms with Gasteiger partial charge in [-0.05, 0) is 44.2 Å². The lowest BCUT2D eigenvalue weighted by Gasteiger charge is -2.15. The van der Waals surface area contributed by atoms with E-state index in [0.717, 1.165) is 0 Å². The van der Waals surface area contributed by atoms with Gasteiger partial charge in [0.2, 0.25) is 0 Å². The molecule has 1 amide bonds. The Bertz CT molecular complexity index is 844. The zero-order valence-electron chi connectivity index (χ0n) is 15.1. The van der Waals surface area contributed by atoms with Gasteiger partial charge in [-0.25, -0.2) is 4.79 Å². The molecule has 0 radical (unpaired) electrons. The molecule has 0 aliphatic rings. The fourth-order valence-electron chi connectivity index (χ4n) is 2.18. The maximum atomic E-state index is 12.1. The molecular formula is C20H20N2O5. The number of nitrogens with one attached hydrogen (secondary N) is 1. The van der Waals surface area contributed by atoms with E-state index < -0.39 is 18.0 Å². The van der Waals surface area contributed by atoms with E-state index in [-0.39, 0.29) is 6.61 Å². The Morgan fingerprint density at radius 3 is 2.48 bits per heavy atom. The van der Waals surface area contributed by atoms with Crippen LogP contribution in [0.2, 0.25) is 0 Å². The second kappa shape index (κ2) is 9.82. The first-order valence-corrected chi connectivity index (χ1v) is 8.38. The number of hydrogen-bond acceptors (Lipinski definition) is 6. The van der Waals surface area contributed by atoms with Crippen molar-refractivity contribution >= 4 is 17.6 Å². The van der Waals surface area contributed by atoms with E-state index in [1.807, 2.05) is 13.0 Å². The highest BCUT2D eigenvalue weighted by Crippen LogP contribution is 2.26. The summed E-state index contributed by atoms with van der Waals surface area (Å²) in [5.74, 6) is -0.249. The number of rotatable bonds is 8. The Morgan fingerprint density at radius 1 is 1.11 bits per heavy atom. The molecule has 1 N–H and O–H groups in total. The van der Waals surface area contributed by atoms with Crippen molar-refractivity contribution in [2.75, 3.05) is 18.5 Å². The van der Waals surface area contributed by atoms with Crippen LogP contribution in [-0.2, 0) is 14.3 Å². The number of amides is 1. The summed E-state index contributed by atoms with van der Waals surface area (Å²) in [6, 6.07) is 15.4. The van der Waals surface area contributed by atoms with Crippen molar-refractivity contribution in [3.8, 4) is 17.6 Å². The molecule has 27 heavy (non-hydrogen) atoms. The average Bonchev–Trinajstić information content (AvgIpc) is 2.67. The van der Waals surface area contributed by atoms with Crippen LogP contribution in [-0.4, -0.2) is 31.2 Å². The number of benzene rings is 2. The van der Waals surface area contributed by atoms with Crippen LogP contribution in [0.1, 0.15) is 19.4 Å². The standard InChI is InChI=1S/C20H20N2O5/c1-3-25-17-9-4-5-10-18(17)26-13-19(23)27-14(2)20(24)22-16-8-6-7-15(11-16)12-21/h4-11,14H,3,13H2,1-2H3,(H,22,24)/t14-/m0/s1. The molecule has 0 aliphatic heterocycles. The first-order chi connectivity index (χ1) is 13.0. The van der Waals surface area contributed by atoms with Crippen LogP contribution in [0.25, 0.3) is 0 Å². The van der Waals surface area contributed by atoms with Gasteiger partial charge in [-0.2, -0.15) is 5.26 Å². The van der Waals surface area contributed by atoms with E-state index >= 15 is 0 Å². The Balaban J connectivity index is 1.86. The molecule has 2 rings (SSSR count). The SMILES string of the molecule is CCOc1ccccc1OCC(=O)O[C@@H](C)C(=O)Nc1cccc(C#N)c1. The van der Waals surface area contributed by atoms with Gasteiger partial charge in [-0.3, -0.25) is 4.79 Å². The number of ether oxygens (including phenoxy) is 3. The van der Waals surface area contributed by atoms with E-state index in [0.29, 0.717) is 29.4 Å². The summed E-state index contributed by atoms with van der Waals surface area (Å²) in [5.41, 5.74) is 0.864. The lowest BCUT2D eigenvalue weighted by Crippen LogP contribution is -2.31. The molecule has 0 aliphatic carbocycles. The van der Waals surface area contributed by atoms with E-state index in [9.17, 15) is 9.59 Å². The zero-order chi connectivity index (χ0) is 19.6. The molecule has 2 aromatic carbocycles. The third kappa shape index (κ3) is 6.04. The molecule has 7 nitrogen and oxygen atoms in total. The fraction of sp³-hybridized carbons (Fsp3) is 0.250. The minimum atomic E-state index is -1.02. The largest absolute Gasteiger partial charge is 0.490 e. The maximum absolute atomic E-state index is 12.1. The van der Waals surface area contributed by atoms with Gasteiger partial charge in [0, 0.05) is 5.69 Å². The monoisotopic (exact) mass is 368 g/mol. The lowest BCUT2D eigenvalue weighted by molar-refractivity contribution is -0.155. The van der Waals surface area contributed by atoms with Crippen molar-refractivity contribution < 1.29 is 23.8 Å². The summed E-state index contributed by atoms with van der Waals surface area (Å²) in [4.78, 5) is 24.1. The van der Waals surface area contributed by atoms with Gasteiger partial charge < -0.3 is 19.5 Å². The minimum Gasteiger partial charge on any atom is -0.490 e. The summed E-state index contributed by atoms with van der Waals surface area (Å²) >= 11 is 0. The first-order valence-electron chi connectivity index (χ1n) is 8.38. The van der Waals surface area contributed by atoms with Crippen LogP contribution in [0.5, 0.6) is 11.5 Å². The fourth-order valence-corrected chi connectivity index (χ4v) is 2.18. The predicted octanol–water partition coefficient (Wildman–Crippen LogP) is 2.91. The minimum absolute atomic E-state index is 0.356. The highest BCUT2D eigenvalue weighted by Gasteiger charge is 2.19. The summed E-state index contributed by atoms with van der Waals surface area (Å²) < 4.78 is 15.9. The van der Waals surface area contributed by atoms with E-state index in [2.05, 4.69) is 5.32 Å². The van der Waals surface area contributed by atoms with E-state index in [1.54, 1.807) is 42.5 Å². The van der Waals surface area contributed by atoms with Crippen LogP contribution in [0.15, 0.2) is 48.5 Å². The molecule has 2 aromatic rings. The normalized spacial score (nSPS) is 11.0. The summed E-state index contributed by atoms with van der Waals surface area (Å²) in [7, 11) is 0. The smallest absolute Gasteiger partial charge is 0.344 e. The van der Waals surface area contributed by atoms with Crippen LogP contribution in [0.4, 0.5) is 5.69 Å². The third-order valence-electron chi connectivity index (χ3n) is 3.43. The topological polar surface area (TPSA) is 97.7 Å². The van der Waals surface area contributed by atoms with Crippen molar-refractivity contribution in [2.24, 2.45) is 0 Å². The molecule has 0 unspecified atom stereocenters. The number of carbonyl (C=O) groups excluding carboxylic acids is 2. The van der Waals surface area contributed by atoms with Gasteiger partial charge >= 0.3 is 5.97 Å². The second-order valence-corrected chi connectivity index (χ2v) is 5.48. The van der Waals surface area contributed by atoms with Crippen molar-refractivity contribution in [3.05, 3.63) is 54.1 Å². The van der Waals surface area contributed by atoms with Crippen LogP contribution in [0, 0.1) is 11.3 Å². The molecule has 1 atom stereocenters. The molecule has 0 heterocycles. The number of anilines is 1. The summed E-state index contributed by atoms with van der Waals surface area (Å²) in [5, 5.41) is 11.5. The number of nitriles is 1. The molecule has 0 fully saturated rings. The number of carbonyl (C=O) groups is 2. The van der Waals surface area contributed by atoms with Gasteiger partial charge in [0.05, 0.1) is 18.2 Å². The first kappa shape index (κ1) is 19.8. The van der Waals surface area contributed by atoms with E-state index in [1.165, 1.54) is 13.0 Å². The molecule has 0 saturated carbocycles. The van der Waals surface area contributed by atoms with Crippen LogP contribution < -0.4 is 14.8 Å². The van der Waals surface area contributed by atoms with Gasteiger partial charge in [0.15, 0.2) is 24.2 Å². The van der Waals surface area contributed by atoms with Gasteiger partial charge in [0.25, 0.3) is 5.91 Å². The van der Waals surface area contributed by atoms with Crippen LogP contribution in [0.3, 0.4) is 0 Å². The molecule has 0 bridgehead atoms. The highest BCUT2D eigenvalue weighted by atomic mass is 16.6. The predicted molar refractivity (Wildman–Crippen MR) is 98.4 cm³/mol. The Kier molecular flexibility index (Phi) is 7.20. The lowest BCUT2D eigenvalue weighted by atomic mass is 10.2. The average molecular weight is 368 g/mol. The second-order valence-electron chi connectivity index (χ2n) is 5.48. The highest BCUT2D eigenvalue weighted by molar-refractivity contribution is 5.95. The molecule has 0 saturated heterocycles. The zero-order valence-corrected chi connectivity index (χ0v) is 15.1. The molecule has 7 heteroatoms. The molecule has 0 aromatic heterocycles. The molecule has 0 spiro atoms. The van der Waals surface area contributed by atoms with Crippen molar-refractivity contribution in [2.45, 2.75) is 20.0 Å². The number of para-hydroxylation sites is 2. The van der Waals surface area contributed by atoms with Crippen molar-refractivity contribution in [1.29, 1.82) is 5.26 Å². The summed E-state index contributed by atoms with van der Waals surface area (Å²) in [6.45, 7) is 3.41. The van der Waals surface area contributed by atoms with Gasteiger partial charge in [0.1, 0.15) is 0 Å². The van der Waals surface area contributed by atoms with Gasteiger partial charge in [-0.1, -0.05) is 18.2 Å².